The SMILES string of the molecule is CCOc1cc(/C=N\NC(=O)CSc2nc3ccccc3s2)ccc1OC(=O)c1cccc2ccccc12. The maximum absolute atomic E-state index is 13.0. The minimum Gasteiger partial charge on any atom is -0.490 e. The van der Waals surface area contributed by atoms with Crippen LogP contribution in [0.1, 0.15) is 22.8 Å². The van der Waals surface area contributed by atoms with Gasteiger partial charge in [0.2, 0.25) is 0 Å². The van der Waals surface area contributed by atoms with Gasteiger partial charge in [-0.3, -0.25) is 4.79 Å². The number of esters is 1. The van der Waals surface area contributed by atoms with E-state index in [4.69, 9.17) is 9.47 Å². The Morgan fingerprint density at radius 3 is 2.68 bits per heavy atom. The molecule has 1 aromatic heterocycles. The largest absolute Gasteiger partial charge is 0.490 e. The van der Waals surface area contributed by atoms with Crippen molar-refractivity contribution < 1.29 is 19.1 Å². The number of aromatic nitrogens is 1. The Bertz CT molecular complexity index is 1610. The van der Waals surface area contributed by atoms with Gasteiger partial charge in [0, 0.05) is 0 Å². The first-order chi connectivity index (χ1) is 18.6. The molecular weight excluding hydrogens is 518 g/mol. The molecule has 1 amide bonds. The van der Waals surface area contributed by atoms with Crippen molar-refractivity contribution in [3.63, 3.8) is 0 Å². The first kappa shape index (κ1) is 25.4. The van der Waals surface area contributed by atoms with Gasteiger partial charge in [-0.15, -0.1) is 11.3 Å². The van der Waals surface area contributed by atoms with Crippen LogP contribution in [0.2, 0.25) is 0 Å². The lowest BCUT2D eigenvalue weighted by atomic mass is 10.0. The van der Waals surface area contributed by atoms with E-state index in [0.717, 1.165) is 25.3 Å². The van der Waals surface area contributed by atoms with Crippen molar-refractivity contribution in [1.29, 1.82) is 0 Å². The van der Waals surface area contributed by atoms with Crippen LogP contribution in [0.5, 0.6) is 11.5 Å². The summed E-state index contributed by atoms with van der Waals surface area (Å²) in [5.74, 6) is 0.198. The zero-order valence-electron chi connectivity index (χ0n) is 20.4. The van der Waals surface area contributed by atoms with Crippen LogP contribution in [0, 0.1) is 0 Å². The molecule has 5 rings (SSSR count). The molecule has 0 fully saturated rings. The Morgan fingerprint density at radius 2 is 1.82 bits per heavy atom. The monoisotopic (exact) mass is 541 g/mol. The number of hydrogen-bond acceptors (Lipinski definition) is 8. The van der Waals surface area contributed by atoms with Crippen molar-refractivity contribution in [2.24, 2.45) is 5.10 Å². The number of fused-ring (bicyclic) bond motifs is 2. The Hall–Kier alpha value is -4.21. The third-order valence-electron chi connectivity index (χ3n) is 5.48. The highest BCUT2D eigenvalue weighted by Crippen LogP contribution is 2.30. The summed E-state index contributed by atoms with van der Waals surface area (Å²) in [6.45, 7) is 2.24. The first-order valence-electron chi connectivity index (χ1n) is 11.9. The zero-order chi connectivity index (χ0) is 26.3. The topological polar surface area (TPSA) is 89.9 Å². The summed E-state index contributed by atoms with van der Waals surface area (Å²) in [6.07, 6.45) is 1.51. The third-order valence-corrected chi connectivity index (χ3v) is 7.66. The second-order valence-corrected chi connectivity index (χ2v) is 10.3. The smallest absolute Gasteiger partial charge is 0.344 e. The van der Waals surface area contributed by atoms with E-state index >= 15 is 0 Å². The molecule has 9 heteroatoms. The fourth-order valence-electron chi connectivity index (χ4n) is 3.77. The summed E-state index contributed by atoms with van der Waals surface area (Å²) in [7, 11) is 0. The van der Waals surface area contributed by atoms with Gasteiger partial charge in [-0.25, -0.2) is 15.2 Å². The fourth-order valence-corrected chi connectivity index (χ4v) is 5.63. The van der Waals surface area contributed by atoms with Gasteiger partial charge in [-0.2, -0.15) is 5.10 Å². The molecule has 0 atom stereocenters. The summed E-state index contributed by atoms with van der Waals surface area (Å²) < 4.78 is 13.3. The summed E-state index contributed by atoms with van der Waals surface area (Å²) in [6, 6.07) is 26.1. The molecule has 1 N–H and O–H groups in total. The van der Waals surface area contributed by atoms with Crippen LogP contribution in [-0.4, -0.2) is 35.4 Å². The quantitative estimate of drug-likeness (QED) is 0.0773. The standard InChI is InChI=1S/C29H23N3O4S2/c1-2-35-25-16-19(17-30-32-27(33)18-37-29-31-23-12-5-6-13-26(23)38-29)14-15-24(25)36-28(34)22-11-7-9-20-8-3-4-10-21(20)22/h3-17H,2,18H2,1H3,(H,32,33)/b30-17-. The lowest BCUT2D eigenvalue weighted by Crippen LogP contribution is -2.19. The number of nitrogens with one attached hydrogen (secondary N) is 1. The molecule has 0 radical (unpaired) electrons. The number of benzene rings is 4. The normalized spacial score (nSPS) is 11.2. The predicted octanol–water partition coefficient (Wildman–Crippen LogP) is 6.31. The number of hydrazone groups is 1. The Kier molecular flexibility index (Phi) is 7.96. The molecule has 190 valence electrons. The van der Waals surface area contributed by atoms with Crippen LogP contribution >= 0.6 is 23.1 Å². The highest BCUT2D eigenvalue weighted by molar-refractivity contribution is 8.01. The highest BCUT2D eigenvalue weighted by atomic mass is 32.2. The van der Waals surface area contributed by atoms with E-state index in [1.165, 1.54) is 18.0 Å². The molecule has 38 heavy (non-hydrogen) atoms. The summed E-state index contributed by atoms with van der Waals surface area (Å²) >= 11 is 2.92. The number of para-hydroxylation sites is 1. The number of amides is 1. The van der Waals surface area contributed by atoms with Crippen molar-refractivity contribution >= 4 is 62.2 Å². The van der Waals surface area contributed by atoms with E-state index in [1.54, 1.807) is 35.6 Å². The molecule has 0 aliphatic carbocycles. The maximum atomic E-state index is 13.0. The van der Waals surface area contributed by atoms with Crippen molar-refractivity contribution in [3.05, 3.63) is 96.1 Å². The van der Waals surface area contributed by atoms with Crippen LogP contribution in [0.3, 0.4) is 0 Å². The molecule has 0 bridgehead atoms. The van der Waals surface area contributed by atoms with E-state index in [2.05, 4.69) is 15.5 Å². The van der Waals surface area contributed by atoms with Crippen LogP contribution in [0.25, 0.3) is 21.0 Å². The number of rotatable bonds is 9. The molecular formula is C29H23N3O4S2. The number of carbonyl (C=O) groups excluding carboxylic acids is 2. The molecule has 0 saturated carbocycles. The molecule has 0 spiro atoms. The highest BCUT2D eigenvalue weighted by Gasteiger charge is 2.15. The predicted molar refractivity (Wildman–Crippen MR) is 153 cm³/mol. The van der Waals surface area contributed by atoms with E-state index in [-0.39, 0.29) is 11.7 Å². The number of thiazole rings is 1. The van der Waals surface area contributed by atoms with Gasteiger partial charge in [0.25, 0.3) is 5.91 Å². The Labute approximate surface area is 227 Å². The molecule has 5 aromatic rings. The molecule has 1 heterocycles. The molecule has 7 nitrogen and oxygen atoms in total. The Balaban J connectivity index is 1.21. The molecule has 0 aliphatic heterocycles. The minimum absolute atomic E-state index is 0.199. The van der Waals surface area contributed by atoms with Gasteiger partial charge >= 0.3 is 5.97 Å². The van der Waals surface area contributed by atoms with Gasteiger partial charge in [0.15, 0.2) is 15.8 Å². The maximum Gasteiger partial charge on any atom is 0.344 e. The van der Waals surface area contributed by atoms with E-state index in [0.29, 0.717) is 29.2 Å². The van der Waals surface area contributed by atoms with Gasteiger partial charge in [-0.05, 0) is 59.7 Å². The van der Waals surface area contributed by atoms with Crippen LogP contribution in [0.15, 0.2) is 94.4 Å². The lowest BCUT2D eigenvalue weighted by molar-refractivity contribution is -0.118. The third kappa shape index (κ3) is 6.01. The average molecular weight is 542 g/mol. The minimum atomic E-state index is -0.470. The zero-order valence-corrected chi connectivity index (χ0v) is 22.1. The van der Waals surface area contributed by atoms with Crippen molar-refractivity contribution in [1.82, 2.24) is 10.4 Å². The summed E-state index contributed by atoms with van der Waals surface area (Å²) in [5.41, 5.74) is 4.61. The van der Waals surface area contributed by atoms with Gasteiger partial charge in [0.1, 0.15) is 0 Å². The van der Waals surface area contributed by atoms with E-state index in [9.17, 15) is 9.59 Å². The number of ether oxygens (including phenoxy) is 2. The second-order valence-electron chi connectivity index (χ2n) is 8.08. The van der Waals surface area contributed by atoms with Crippen molar-refractivity contribution in [2.45, 2.75) is 11.3 Å². The van der Waals surface area contributed by atoms with Gasteiger partial charge < -0.3 is 9.47 Å². The molecule has 0 unspecified atom stereocenters. The van der Waals surface area contributed by atoms with E-state index in [1.807, 2.05) is 67.6 Å². The molecule has 0 aliphatic rings. The van der Waals surface area contributed by atoms with Crippen molar-refractivity contribution in [3.8, 4) is 11.5 Å². The summed E-state index contributed by atoms with van der Waals surface area (Å²) in [5, 5.41) is 5.83. The number of carbonyl (C=O) groups is 2. The van der Waals surface area contributed by atoms with Gasteiger partial charge in [0.05, 0.1) is 34.4 Å². The lowest BCUT2D eigenvalue weighted by Gasteiger charge is -2.12. The number of thioether (sulfide) groups is 1. The van der Waals surface area contributed by atoms with Gasteiger partial charge in [-0.1, -0.05) is 60.3 Å². The first-order valence-corrected chi connectivity index (χ1v) is 13.7. The molecule has 4 aromatic carbocycles. The Morgan fingerprint density at radius 1 is 1.00 bits per heavy atom. The fraction of sp³-hybridized carbons (Fsp3) is 0.103. The molecule has 0 saturated heterocycles. The number of nitrogens with zero attached hydrogens (tertiary/aromatic N) is 2. The van der Waals surface area contributed by atoms with E-state index < -0.39 is 5.97 Å². The van der Waals surface area contributed by atoms with Crippen LogP contribution in [-0.2, 0) is 4.79 Å². The summed E-state index contributed by atoms with van der Waals surface area (Å²) in [4.78, 5) is 29.7. The van der Waals surface area contributed by atoms with Crippen molar-refractivity contribution in [2.75, 3.05) is 12.4 Å². The second kappa shape index (κ2) is 11.9. The van der Waals surface area contributed by atoms with Crippen LogP contribution in [0.4, 0.5) is 0 Å². The van der Waals surface area contributed by atoms with Crippen LogP contribution < -0.4 is 14.9 Å². The average Bonchev–Trinajstić information content (AvgIpc) is 3.36. The number of hydrogen-bond donors (Lipinski definition) is 1.